The molecule has 1 saturated heterocycles. The molecule has 0 aromatic carbocycles. The Morgan fingerprint density at radius 2 is 2.29 bits per heavy atom. The van der Waals surface area contributed by atoms with Crippen LogP contribution in [0.5, 0.6) is 0 Å². The van der Waals surface area contributed by atoms with Crippen LogP contribution >= 0.6 is 24.0 Å². The van der Waals surface area contributed by atoms with E-state index in [0.29, 0.717) is 37.4 Å². The summed E-state index contributed by atoms with van der Waals surface area (Å²) in [4.78, 5) is 11.0. The topological polar surface area (TPSA) is 85.0 Å². The second kappa shape index (κ2) is 11.6. The van der Waals surface area contributed by atoms with Crippen LogP contribution in [0.3, 0.4) is 0 Å². The smallest absolute Gasteiger partial charge is 0.248 e. The number of hydrogen-bond acceptors (Lipinski definition) is 6. The number of guanidine groups is 1. The molecular weight excluding hydrogens is 425 g/mol. The second-order valence-corrected chi connectivity index (χ2v) is 5.57. The van der Waals surface area contributed by atoms with Crippen molar-refractivity contribution < 1.29 is 14.0 Å². The van der Waals surface area contributed by atoms with Crippen LogP contribution in [0.2, 0.25) is 0 Å². The van der Waals surface area contributed by atoms with Gasteiger partial charge in [-0.05, 0) is 20.3 Å². The van der Waals surface area contributed by atoms with Gasteiger partial charge >= 0.3 is 0 Å². The summed E-state index contributed by atoms with van der Waals surface area (Å²) in [5, 5.41) is 7.11. The minimum Gasteiger partial charge on any atom is -0.382 e. The van der Waals surface area contributed by atoms with E-state index < -0.39 is 0 Å². The zero-order valence-electron chi connectivity index (χ0n) is 14.7. The number of nitrogens with one attached hydrogen (secondary N) is 1. The van der Waals surface area contributed by atoms with Crippen molar-refractivity contribution in [2.45, 2.75) is 26.8 Å². The van der Waals surface area contributed by atoms with E-state index in [1.165, 1.54) is 0 Å². The van der Waals surface area contributed by atoms with Crippen LogP contribution in [0.15, 0.2) is 9.52 Å². The van der Waals surface area contributed by atoms with Crippen LogP contribution in [0.4, 0.5) is 0 Å². The molecule has 1 aliphatic heterocycles. The molecule has 0 radical (unpaired) electrons. The summed E-state index contributed by atoms with van der Waals surface area (Å²) in [5.74, 6) is 2.59. The van der Waals surface area contributed by atoms with E-state index in [0.717, 1.165) is 38.6 Å². The molecule has 8 nitrogen and oxygen atoms in total. The fourth-order valence-corrected chi connectivity index (χ4v) is 2.53. The average molecular weight is 453 g/mol. The lowest BCUT2D eigenvalue weighted by atomic mass is 10.1. The third kappa shape index (κ3) is 6.89. The number of likely N-dealkylation sites (tertiary alicyclic amines) is 1. The summed E-state index contributed by atoms with van der Waals surface area (Å²) >= 11 is 0. The van der Waals surface area contributed by atoms with Gasteiger partial charge in [-0.2, -0.15) is 4.98 Å². The molecule has 138 valence electrons. The van der Waals surface area contributed by atoms with Crippen molar-refractivity contribution in [1.82, 2.24) is 20.4 Å². The molecule has 0 bridgehead atoms. The van der Waals surface area contributed by atoms with Gasteiger partial charge in [-0.25, -0.2) is 4.99 Å². The molecule has 0 aliphatic carbocycles. The van der Waals surface area contributed by atoms with Gasteiger partial charge < -0.3 is 24.2 Å². The minimum atomic E-state index is 0. The highest BCUT2D eigenvalue weighted by atomic mass is 127. The molecule has 24 heavy (non-hydrogen) atoms. The lowest BCUT2D eigenvalue weighted by Gasteiger charge is -2.21. The van der Waals surface area contributed by atoms with E-state index in [4.69, 9.17) is 14.0 Å². The first-order valence-corrected chi connectivity index (χ1v) is 8.12. The van der Waals surface area contributed by atoms with Crippen LogP contribution in [0, 0.1) is 12.8 Å². The molecule has 1 aromatic heterocycles. The first kappa shape index (κ1) is 21.1. The van der Waals surface area contributed by atoms with Crippen molar-refractivity contribution in [3.05, 3.63) is 11.7 Å². The third-order valence-electron chi connectivity index (χ3n) is 3.64. The van der Waals surface area contributed by atoms with Crippen LogP contribution in [0.25, 0.3) is 0 Å². The van der Waals surface area contributed by atoms with Crippen LogP contribution in [0.1, 0.15) is 25.1 Å². The Labute approximate surface area is 160 Å². The van der Waals surface area contributed by atoms with Crippen molar-refractivity contribution in [2.75, 3.05) is 46.6 Å². The SMILES string of the molecule is CCNC(=NCc1nc(C)no1)N1CCC(COCCOC)C1.I. The molecule has 1 unspecified atom stereocenters. The number of hydrogen-bond donors (Lipinski definition) is 1. The fraction of sp³-hybridized carbons (Fsp3) is 0.800. The Hall–Kier alpha value is -0.940. The summed E-state index contributed by atoms with van der Waals surface area (Å²) in [6, 6.07) is 0. The molecular formula is C15H28IN5O3. The maximum absolute atomic E-state index is 5.63. The maximum Gasteiger partial charge on any atom is 0.248 e. The Kier molecular flexibility index (Phi) is 10.2. The zero-order chi connectivity index (χ0) is 16.5. The van der Waals surface area contributed by atoms with E-state index in [1.54, 1.807) is 14.0 Å². The predicted octanol–water partition coefficient (Wildman–Crippen LogP) is 1.45. The molecule has 1 fully saturated rings. The van der Waals surface area contributed by atoms with E-state index in [9.17, 15) is 0 Å². The van der Waals surface area contributed by atoms with E-state index in [2.05, 4.69) is 32.3 Å². The van der Waals surface area contributed by atoms with E-state index in [1.807, 2.05) is 0 Å². The maximum atomic E-state index is 5.63. The van der Waals surface area contributed by atoms with Gasteiger partial charge in [-0.1, -0.05) is 5.16 Å². The summed E-state index contributed by atoms with van der Waals surface area (Å²) in [5.41, 5.74) is 0. The largest absolute Gasteiger partial charge is 0.382 e. The zero-order valence-corrected chi connectivity index (χ0v) is 17.0. The molecule has 9 heteroatoms. The van der Waals surface area contributed by atoms with Crippen molar-refractivity contribution in [3.8, 4) is 0 Å². The first-order chi connectivity index (χ1) is 11.2. The Balaban J connectivity index is 0.00000288. The number of methoxy groups -OCH3 is 1. The fourth-order valence-electron chi connectivity index (χ4n) is 2.53. The summed E-state index contributed by atoms with van der Waals surface area (Å²) in [6.45, 7) is 9.07. The summed E-state index contributed by atoms with van der Waals surface area (Å²) in [7, 11) is 1.69. The molecule has 0 spiro atoms. The lowest BCUT2D eigenvalue weighted by Crippen LogP contribution is -2.40. The van der Waals surface area contributed by atoms with Gasteiger partial charge in [0.1, 0.15) is 6.54 Å². The summed E-state index contributed by atoms with van der Waals surface area (Å²) < 4.78 is 15.7. The van der Waals surface area contributed by atoms with Crippen molar-refractivity contribution in [1.29, 1.82) is 0 Å². The number of nitrogens with zero attached hydrogens (tertiary/aromatic N) is 4. The second-order valence-electron chi connectivity index (χ2n) is 5.57. The van der Waals surface area contributed by atoms with Crippen molar-refractivity contribution in [3.63, 3.8) is 0 Å². The quantitative estimate of drug-likeness (QED) is 0.276. The Bertz CT molecular complexity index is 497. The van der Waals surface area contributed by atoms with Crippen LogP contribution in [-0.2, 0) is 16.0 Å². The van der Waals surface area contributed by atoms with Crippen LogP contribution in [-0.4, -0.2) is 67.6 Å². The van der Waals surface area contributed by atoms with E-state index in [-0.39, 0.29) is 24.0 Å². The number of ether oxygens (including phenoxy) is 2. The number of aromatic nitrogens is 2. The Morgan fingerprint density at radius 3 is 2.96 bits per heavy atom. The van der Waals surface area contributed by atoms with Gasteiger partial charge in [0.05, 0.1) is 19.8 Å². The minimum absolute atomic E-state index is 0. The molecule has 1 N–H and O–H groups in total. The highest BCUT2D eigenvalue weighted by Gasteiger charge is 2.25. The molecule has 1 aliphatic rings. The Morgan fingerprint density at radius 1 is 1.46 bits per heavy atom. The van der Waals surface area contributed by atoms with Gasteiger partial charge in [0.15, 0.2) is 11.8 Å². The van der Waals surface area contributed by atoms with Gasteiger partial charge in [-0.3, -0.25) is 0 Å². The normalized spacial score (nSPS) is 17.9. The number of rotatable bonds is 8. The van der Waals surface area contributed by atoms with Crippen molar-refractivity contribution >= 4 is 29.9 Å². The molecule has 1 aromatic rings. The van der Waals surface area contributed by atoms with Gasteiger partial charge in [-0.15, -0.1) is 24.0 Å². The molecule has 0 amide bonds. The van der Waals surface area contributed by atoms with Gasteiger partial charge in [0, 0.05) is 32.7 Å². The predicted molar refractivity (Wildman–Crippen MR) is 102 cm³/mol. The molecule has 2 heterocycles. The van der Waals surface area contributed by atoms with Gasteiger partial charge in [0.25, 0.3) is 0 Å². The highest BCUT2D eigenvalue weighted by Crippen LogP contribution is 2.17. The average Bonchev–Trinajstić information content (AvgIpc) is 3.17. The lowest BCUT2D eigenvalue weighted by molar-refractivity contribution is 0.0536. The summed E-state index contributed by atoms with van der Waals surface area (Å²) in [6.07, 6.45) is 1.11. The van der Waals surface area contributed by atoms with Crippen molar-refractivity contribution in [2.24, 2.45) is 10.9 Å². The molecule has 1 atom stereocenters. The first-order valence-electron chi connectivity index (χ1n) is 8.12. The monoisotopic (exact) mass is 453 g/mol. The number of aryl methyl sites for hydroxylation is 1. The third-order valence-corrected chi connectivity index (χ3v) is 3.64. The standard InChI is InChI=1S/C15H27N5O3.HI/c1-4-16-15(17-9-14-18-12(2)19-23-14)20-6-5-13(10-20)11-22-8-7-21-3;/h13H,4-11H2,1-3H3,(H,16,17);1H. The van der Waals surface area contributed by atoms with Crippen LogP contribution < -0.4 is 5.32 Å². The highest BCUT2D eigenvalue weighted by molar-refractivity contribution is 14.0. The van der Waals surface area contributed by atoms with E-state index >= 15 is 0 Å². The number of halogens is 1. The molecule has 0 saturated carbocycles. The van der Waals surface area contributed by atoms with Gasteiger partial charge in [0.2, 0.25) is 5.89 Å². The number of aliphatic imine (C=N–C) groups is 1. The molecule has 2 rings (SSSR count).